The molecule has 6 nitrogen and oxygen atoms in total. The zero-order chi connectivity index (χ0) is 19.5. The van der Waals surface area contributed by atoms with E-state index in [9.17, 15) is 4.79 Å². The van der Waals surface area contributed by atoms with E-state index in [-0.39, 0.29) is 18.1 Å². The standard InChI is InChI=1S/C22H26N4O2/c1-16-12-25(13-17(2)28-16)14-18-6-8-19(9-7-18)22(27)23-11-20-15-26-10-4-3-5-21(26)24-20/h3-10,15-17H,11-14H2,1-2H3,(H,23,27)/t16-,17+. The largest absolute Gasteiger partial charge is 0.373 e. The number of aromatic nitrogens is 2. The van der Waals surface area contributed by atoms with Crippen molar-refractivity contribution in [3.05, 3.63) is 71.7 Å². The molecule has 1 saturated heterocycles. The Balaban J connectivity index is 1.33. The van der Waals surface area contributed by atoms with E-state index in [0.717, 1.165) is 31.0 Å². The van der Waals surface area contributed by atoms with Crippen LogP contribution in [0.4, 0.5) is 0 Å². The number of carbonyl (C=O) groups is 1. The normalized spacial score (nSPS) is 20.4. The van der Waals surface area contributed by atoms with Crippen LogP contribution in [0.15, 0.2) is 54.9 Å². The highest BCUT2D eigenvalue weighted by Gasteiger charge is 2.22. The predicted molar refractivity (Wildman–Crippen MR) is 108 cm³/mol. The topological polar surface area (TPSA) is 58.9 Å². The van der Waals surface area contributed by atoms with Crippen molar-refractivity contribution in [2.24, 2.45) is 0 Å². The van der Waals surface area contributed by atoms with Gasteiger partial charge >= 0.3 is 0 Å². The van der Waals surface area contributed by atoms with Gasteiger partial charge in [-0.2, -0.15) is 0 Å². The molecule has 0 unspecified atom stereocenters. The number of morpholine rings is 1. The average Bonchev–Trinajstić information content (AvgIpc) is 3.09. The Morgan fingerprint density at radius 1 is 1.14 bits per heavy atom. The van der Waals surface area contributed by atoms with Crippen LogP contribution in [-0.4, -0.2) is 45.5 Å². The highest BCUT2D eigenvalue weighted by Crippen LogP contribution is 2.15. The number of fused-ring (bicyclic) bond motifs is 1. The van der Waals surface area contributed by atoms with Crippen molar-refractivity contribution in [1.82, 2.24) is 19.6 Å². The zero-order valence-corrected chi connectivity index (χ0v) is 16.3. The Kier molecular flexibility index (Phi) is 5.41. The third-order valence-corrected chi connectivity index (χ3v) is 4.96. The van der Waals surface area contributed by atoms with Gasteiger partial charge in [0.05, 0.1) is 24.4 Å². The maximum atomic E-state index is 12.4. The monoisotopic (exact) mass is 378 g/mol. The third-order valence-electron chi connectivity index (χ3n) is 4.96. The van der Waals surface area contributed by atoms with E-state index in [1.54, 1.807) is 0 Å². The number of pyridine rings is 1. The number of rotatable bonds is 5. The van der Waals surface area contributed by atoms with Crippen molar-refractivity contribution in [3.63, 3.8) is 0 Å². The van der Waals surface area contributed by atoms with Gasteiger partial charge in [0, 0.05) is 37.6 Å². The lowest BCUT2D eigenvalue weighted by molar-refractivity contribution is -0.0704. The molecule has 0 bridgehead atoms. The second-order valence-electron chi connectivity index (χ2n) is 7.53. The molecule has 2 atom stereocenters. The minimum absolute atomic E-state index is 0.0859. The van der Waals surface area contributed by atoms with E-state index < -0.39 is 0 Å². The molecule has 28 heavy (non-hydrogen) atoms. The molecule has 1 amide bonds. The quantitative estimate of drug-likeness (QED) is 0.742. The second kappa shape index (κ2) is 8.12. The van der Waals surface area contributed by atoms with Crippen LogP contribution in [0.25, 0.3) is 5.65 Å². The average molecular weight is 378 g/mol. The molecule has 3 heterocycles. The van der Waals surface area contributed by atoms with Gasteiger partial charge in [0.1, 0.15) is 5.65 Å². The lowest BCUT2D eigenvalue weighted by atomic mass is 10.1. The minimum Gasteiger partial charge on any atom is -0.373 e. The summed E-state index contributed by atoms with van der Waals surface area (Å²) in [5.41, 5.74) is 3.59. The highest BCUT2D eigenvalue weighted by molar-refractivity contribution is 5.94. The molecule has 1 N–H and O–H groups in total. The highest BCUT2D eigenvalue weighted by atomic mass is 16.5. The van der Waals surface area contributed by atoms with Crippen LogP contribution in [0.3, 0.4) is 0 Å². The second-order valence-corrected chi connectivity index (χ2v) is 7.53. The molecule has 0 radical (unpaired) electrons. The van der Waals surface area contributed by atoms with Gasteiger partial charge in [-0.05, 0) is 43.7 Å². The Labute approximate surface area is 165 Å². The van der Waals surface area contributed by atoms with Crippen LogP contribution >= 0.6 is 0 Å². The maximum Gasteiger partial charge on any atom is 0.251 e. The molecular weight excluding hydrogens is 352 g/mol. The summed E-state index contributed by atoms with van der Waals surface area (Å²) in [5, 5.41) is 2.95. The molecule has 0 saturated carbocycles. The van der Waals surface area contributed by atoms with Crippen LogP contribution in [0.2, 0.25) is 0 Å². The third kappa shape index (κ3) is 4.40. The summed E-state index contributed by atoms with van der Waals surface area (Å²) in [5.74, 6) is -0.0859. The fraction of sp³-hybridized carbons (Fsp3) is 0.364. The summed E-state index contributed by atoms with van der Waals surface area (Å²) >= 11 is 0. The van der Waals surface area contributed by atoms with Gasteiger partial charge in [0.2, 0.25) is 0 Å². The maximum absolute atomic E-state index is 12.4. The molecule has 2 aromatic heterocycles. The lowest BCUT2D eigenvalue weighted by Gasteiger charge is -2.35. The summed E-state index contributed by atoms with van der Waals surface area (Å²) in [7, 11) is 0. The number of carbonyl (C=O) groups excluding carboxylic acids is 1. The fourth-order valence-electron chi connectivity index (χ4n) is 3.78. The van der Waals surface area contributed by atoms with E-state index in [1.807, 2.05) is 59.3 Å². The molecule has 1 aliphatic rings. The number of ether oxygens (including phenoxy) is 1. The number of hydrogen-bond donors (Lipinski definition) is 1. The molecule has 1 fully saturated rings. The Morgan fingerprint density at radius 2 is 1.89 bits per heavy atom. The van der Waals surface area contributed by atoms with Crippen LogP contribution in [-0.2, 0) is 17.8 Å². The lowest BCUT2D eigenvalue weighted by Crippen LogP contribution is -2.44. The van der Waals surface area contributed by atoms with Crippen molar-refractivity contribution in [1.29, 1.82) is 0 Å². The van der Waals surface area contributed by atoms with E-state index in [4.69, 9.17) is 4.74 Å². The predicted octanol–water partition coefficient (Wildman–Crippen LogP) is 2.87. The number of nitrogens with zero attached hydrogens (tertiary/aromatic N) is 3. The van der Waals surface area contributed by atoms with Gasteiger partial charge in [-0.25, -0.2) is 4.98 Å². The van der Waals surface area contributed by atoms with Crippen molar-refractivity contribution >= 4 is 11.6 Å². The van der Waals surface area contributed by atoms with E-state index in [0.29, 0.717) is 12.1 Å². The molecule has 3 aromatic rings. The van der Waals surface area contributed by atoms with Crippen LogP contribution < -0.4 is 5.32 Å². The molecule has 1 aromatic carbocycles. The fourth-order valence-corrected chi connectivity index (χ4v) is 3.78. The van der Waals surface area contributed by atoms with Crippen LogP contribution in [0.1, 0.15) is 35.5 Å². The Morgan fingerprint density at radius 3 is 2.61 bits per heavy atom. The number of nitrogens with one attached hydrogen (secondary N) is 1. The Bertz CT molecular complexity index is 908. The van der Waals surface area contributed by atoms with Crippen LogP contribution in [0, 0.1) is 0 Å². The molecule has 6 heteroatoms. The van der Waals surface area contributed by atoms with Crippen molar-refractivity contribution < 1.29 is 9.53 Å². The van der Waals surface area contributed by atoms with Crippen molar-refractivity contribution in [2.75, 3.05) is 13.1 Å². The molecule has 0 aliphatic carbocycles. The van der Waals surface area contributed by atoms with Gasteiger partial charge < -0.3 is 14.5 Å². The number of hydrogen-bond acceptors (Lipinski definition) is 4. The first kappa shape index (κ1) is 18.7. The van der Waals surface area contributed by atoms with Crippen molar-refractivity contribution in [3.8, 4) is 0 Å². The summed E-state index contributed by atoms with van der Waals surface area (Å²) in [4.78, 5) is 19.4. The summed E-state index contributed by atoms with van der Waals surface area (Å²) < 4.78 is 7.73. The molecule has 1 aliphatic heterocycles. The Hall–Kier alpha value is -2.70. The van der Waals surface area contributed by atoms with Gasteiger partial charge in [-0.3, -0.25) is 9.69 Å². The molecule has 0 spiro atoms. The number of imidazole rings is 1. The van der Waals surface area contributed by atoms with Crippen LogP contribution in [0.5, 0.6) is 0 Å². The first-order valence-electron chi connectivity index (χ1n) is 9.74. The zero-order valence-electron chi connectivity index (χ0n) is 16.3. The summed E-state index contributed by atoms with van der Waals surface area (Å²) in [6.45, 7) is 7.38. The molecular formula is C22H26N4O2. The molecule has 4 rings (SSSR count). The molecule has 146 valence electrons. The van der Waals surface area contributed by atoms with Gasteiger partial charge in [0.25, 0.3) is 5.91 Å². The minimum atomic E-state index is -0.0859. The van der Waals surface area contributed by atoms with Gasteiger partial charge in [-0.15, -0.1) is 0 Å². The SMILES string of the molecule is C[C@@H]1CN(Cc2ccc(C(=O)NCc3cn4ccccc4n3)cc2)C[C@H](C)O1. The first-order chi connectivity index (χ1) is 13.6. The van der Waals surface area contributed by atoms with Gasteiger partial charge in [-0.1, -0.05) is 18.2 Å². The van der Waals surface area contributed by atoms with Gasteiger partial charge in [0.15, 0.2) is 0 Å². The smallest absolute Gasteiger partial charge is 0.251 e. The summed E-state index contributed by atoms with van der Waals surface area (Å²) in [6.07, 6.45) is 4.40. The van der Waals surface area contributed by atoms with E-state index in [1.165, 1.54) is 5.56 Å². The van der Waals surface area contributed by atoms with E-state index >= 15 is 0 Å². The number of amides is 1. The van der Waals surface area contributed by atoms with E-state index in [2.05, 4.69) is 29.0 Å². The first-order valence-corrected chi connectivity index (χ1v) is 9.74. The summed E-state index contributed by atoms with van der Waals surface area (Å²) in [6, 6.07) is 13.7. The number of benzene rings is 1. The van der Waals surface area contributed by atoms with Crippen molar-refractivity contribution in [2.45, 2.75) is 39.1 Å².